The van der Waals surface area contributed by atoms with Crippen LogP contribution in [0.15, 0.2) is 24.3 Å². The fourth-order valence-electron chi connectivity index (χ4n) is 2.00. The lowest BCUT2D eigenvalue weighted by molar-refractivity contribution is -0.137. The van der Waals surface area contributed by atoms with E-state index < -0.39 is 57.7 Å². The first kappa shape index (κ1) is 16.8. The summed E-state index contributed by atoms with van der Waals surface area (Å²) in [6.07, 6.45) is -5.05. The largest absolute Gasteiger partial charge is 0.477 e. The zero-order valence-corrected chi connectivity index (χ0v) is 10.8. The number of carboxylic acid groups (broad SMARTS) is 1. The van der Waals surface area contributed by atoms with E-state index in [9.17, 15) is 35.5 Å². The molecule has 2 aromatic rings. The molecular formula is C14H5F7O2. The molecule has 2 rings (SSSR count). The van der Waals surface area contributed by atoms with Gasteiger partial charge in [-0.2, -0.15) is 13.2 Å². The van der Waals surface area contributed by atoms with Crippen LogP contribution in [0.2, 0.25) is 0 Å². The van der Waals surface area contributed by atoms with Gasteiger partial charge in [0.15, 0.2) is 23.3 Å². The Morgan fingerprint density at radius 3 is 1.78 bits per heavy atom. The molecule has 2 aromatic carbocycles. The summed E-state index contributed by atoms with van der Waals surface area (Å²) in [7, 11) is 0. The zero-order valence-electron chi connectivity index (χ0n) is 10.8. The molecule has 0 saturated heterocycles. The normalized spacial score (nSPS) is 11.6. The number of carbonyl (C=O) groups is 1. The molecule has 0 aliphatic carbocycles. The van der Waals surface area contributed by atoms with E-state index in [2.05, 4.69) is 0 Å². The van der Waals surface area contributed by atoms with E-state index in [1.165, 1.54) is 0 Å². The van der Waals surface area contributed by atoms with Crippen LogP contribution >= 0.6 is 0 Å². The van der Waals surface area contributed by atoms with Gasteiger partial charge in [0.2, 0.25) is 0 Å². The maximum Gasteiger partial charge on any atom is 0.417 e. The van der Waals surface area contributed by atoms with E-state index in [1.807, 2.05) is 0 Å². The summed E-state index contributed by atoms with van der Waals surface area (Å²) < 4.78 is 93.7. The second kappa shape index (κ2) is 5.56. The summed E-state index contributed by atoms with van der Waals surface area (Å²) in [6, 6.07) is 2.98. The van der Waals surface area contributed by atoms with E-state index in [0.29, 0.717) is 12.1 Å². The van der Waals surface area contributed by atoms with Gasteiger partial charge in [0, 0.05) is 0 Å². The van der Waals surface area contributed by atoms with Crippen molar-refractivity contribution >= 4 is 5.97 Å². The van der Waals surface area contributed by atoms with Crippen molar-refractivity contribution in [3.05, 3.63) is 58.7 Å². The minimum absolute atomic E-state index is 0.467. The topological polar surface area (TPSA) is 37.3 Å². The average Bonchev–Trinajstić information content (AvgIpc) is 2.45. The van der Waals surface area contributed by atoms with E-state index in [-0.39, 0.29) is 0 Å². The van der Waals surface area contributed by atoms with E-state index in [0.717, 1.165) is 12.1 Å². The molecule has 0 aliphatic heterocycles. The molecule has 0 radical (unpaired) electrons. The Hall–Kier alpha value is -2.58. The molecular weight excluding hydrogens is 333 g/mol. The van der Waals surface area contributed by atoms with Crippen LogP contribution in [-0.2, 0) is 6.18 Å². The predicted molar refractivity (Wildman–Crippen MR) is 63.7 cm³/mol. The second-order valence-electron chi connectivity index (χ2n) is 4.35. The van der Waals surface area contributed by atoms with E-state index >= 15 is 0 Å². The third-order valence-corrected chi connectivity index (χ3v) is 2.98. The van der Waals surface area contributed by atoms with Gasteiger partial charge in [-0.15, -0.1) is 0 Å². The maximum atomic E-state index is 13.9. The van der Waals surface area contributed by atoms with Crippen molar-refractivity contribution in [2.24, 2.45) is 0 Å². The van der Waals surface area contributed by atoms with Crippen LogP contribution in [0.5, 0.6) is 0 Å². The molecule has 0 bridgehead atoms. The summed E-state index contributed by atoms with van der Waals surface area (Å²) in [5, 5.41) is 8.55. The van der Waals surface area contributed by atoms with Crippen LogP contribution in [0.1, 0.15) is 15.9 Å². The SMILES string of the molecule is O=C(O)c1c(F)c(F)c(-c2ccccc2C(F)(F)F)c(F)c1F. The second-order valence-corrected chi connectivity index (χ2v) is 4.35. The Morgan fingerprint density at radius 1 is 0.870 bits per heavy atom. The Kier molecular flexibility index (Phi) is 4.06. The van der Waals surface area contributed by atoms with Crippen molar-refractivity contribution in [3.63, 3.8) is 0 Å². The van der Waals surface area contributed by atoms with E-state index in [4.69, 9.17) is 5.11 Å². The van der Waals surface area contributed by atoms with Gasteiger partial charge < -0.3 is 5.11 Å². The van der Waals surface area contributed by atoms with Crippen molar-refractivity contribution in [1.29, 1.82) is 0 Å². The number of aromatic carboxylic acids is 1. The molecule has 0 heterocycles. The van der Waals surface area contributed by atoms with Crippen molar-refractivity contribution < 1.29 is 40.6 Å². The zero-order chi connectivity index (χ0) is 17.5. The van der Waals surface area contributed by atoms with Gasteiger partial charge in [0.1, 0.15) is 5.56 Å². The van der Waals surface area contributed by atoms with Gasteiger partial charge in [0.25, 0.3) is 0 Å². The Labute approximate surface area is 123 Å². The van der Waals surface area contributed by atoms with Crippen LogP contribution in [0.3, 0.4) is 0 Å². The minimum atomic E-state index is -5.05. The summed E-state index contributed by atoms with van der Waals surface area (Å²) in [6.45, 7) is 0. The molecule has 1 N–H and O–H groups in total. The molecule has 0 fully saturated rings. The Balaban J connectivity index is 2.90. The van der Waals surface area contributed by atoms with Crippen molar-refractivity contribution in [1.82, 2.24) is 0 Å². The highest BCUT2D eigenvalue weighted by atomic mass is 19.4. The maximum absolute atomic E-state index is 13.9. The molecule has 0 saturated carbocycles. The van der Waals surface area contributed by atoms with Gasteiger partial charge in [-0.3, -0.25) is 0 Å². The Morgan fingerprint density at radius 2 is 1.35 bits per heavy atom. The average molecular weight is 338 g/mol. The molecule has 0 aliphatic rings. The van der Waals surface area contributed by atoms with Crippen molar-refractivity contribution in [2.75, 3.05) is 0 Å². The minimum Gasteiger partial charge on any atom is -0.477 e. The number of hydrogen-bond acceptors (Lipinski definition) is 1. The summed E-state index contributed by atoms with van der Waals surface area (Å²) in [4.78, 5) is 10.6. The van der Waals surface area contributed by atoms with E-state index in [1.54, 1.807) is 0 Å². The third-order valence-electron chi connectivity index (χ3n) is 2.98. The Bertz CT molecular complexity index is 767. The van der Waals surface area contributed by atoms with Gasteiger partial charge >= 0.3 is 12.1 Å². The lowest BCUT2D eigenvalue weighted by Gasteiger charge is -2.15. The highest BCUT2D eigenvalue weighted by Crippen LogP contribution is 2.40. The first-order chi connectivity index (χ1) is 10.6. The van der Waals surface area contributed by atoms with Crippen LogP contribution in [0, 0.1) is 23.3 Å². The standard InChI is InChI=1S/C14H5F7O2/c15-9-7(5-3-1-2-4-6(5)14(19,20)21)10(16)12(18)8(11(9)17)13(22)23/h1-4H,(H,22,23). The number of benzene rings is 2. The van der Waals surface area contributed by atoms with Gasteiger partial charge in [-0.25, -0.2) is 22.4 Å². The van der Waals surface area contributed by atoms with Gasteiger partial charge in [0.05, 0.1) is 11.1 Å². The molecule has 0 unspecified atom stereocenters. The monoisotopic (exact) mass is 338 g/mol. The summed E-state index contributed by atoms with van der Waals surface area (Å²) >= 11 is 0. The third kappa shape index (κ3) is 2.73. The predicted octanol–water partition coefficient (Wildman–Crippen LogP) is 4.63. The highest BCUT2D eigenvalue weighted by molar-refractivity contribution is 5.89. The smallest absolute Gasteiger partial charge is 0.417 e. The molecule has 122 valence electrons. The quantitative estimate of drug-likeness (QED) is 0.640. The van der Waals surface area contributed by atoms with Crippen LogP contribution in [0.4, 0.5) is 30.7 Å². The molecule has 0 amide bonds. The lowest BCUT2D eigenvalue weighted by Crippen LogP contribution is -2.13. The number of hydrogen-bond donors (Lipinski definition) is 1. The number of carboxylic acids is 1. The summed E-state index contributed by atoms with van der Waals surface area (Å²) in [5.41, 5.74) is -6.23. The fourth-order valence-corrected chi connectivity index (χ4v) is 2.00. The van der Waals surface area contributed by atoms with Gasteiger partial charge in [-0.05, 0) is 11.6 Å². The summed E-state index contributed by atoms with van der Waals surface area (Å²) in [5.74, 6) is -11.3. The van der Waals surface area contributed by atoms with Crippen LogP contribution < -0.4 is 0 Å². The number of alkyl halides is 3. The molecule has 9 heteroatoms. The first-order valence-corrected chi connectivity index (χ1v) is 5.83. The molecule has 0 spiro atoms. The van der Waals surface area contributed by atoms with Crippen LogP contribution in [-0.4, -0.2) is 11.1 Å². The van der Waals surface area contributed by atoms with Crippen molar-refractivity contribution in [2.45, 2.75) is 6.18 Å². The first-order valence-electron chi connectivity index (χ1n) is 5.83. The van der Waals surface area contributed by atoms with Crippen molar-refractivity contribution in [3.8, 4) is 11.1 Å². The lowest BCUT2D eigenvalue weighted by atomic mass is 9.96. The molecule has 23 heavy (non-hydrogen) atoms. The molecule has 0 aromatic heterocycles. The van der Waals surface area contributed by atoms with Gasteiger partial charge in [-0.1, -0.05) is 18.2 Å². The highest BCUT2D eigenvalue weighted by Gasteiger charge is 2.37. The molecule has 2 nitrogen and oxygen atoms in total. The number of rotatable bonds is 2. The molecule has 0 atom stereocenters. The van der Waals surface area contributed by atoms with Crippen LogP contribution in [0.25, 0.3) is 11.1 Å². The number of halogens is 7. The fraction of sp³-hybridized carbons (Fsp3) is 0.0714.